The molecule has 2 heteroatoms. The van der Waals surface area contributed by atoms with Gasteiger partial charge in [0.15, 0.2) is 0 Å². The molecule has 0 unspecified atom stereocenters. The maximum atomic E-state index is 10.9. The van der Waals surface area contributed by atoms with Gasteiger partial charge in [-0.3, -0.25) is 0 Å². The molecule has 0 atom stereocenters. The van der Waals surface area contributed by atoms with E-state index in [2.05, 4.69) is 52.0 Å². The minimum absolute atomic E-state index is 0.211. The second kappa shape index (κ2) is 6.95. The van der Waals surface area contributed by atoms with Crippen LogP contribution in [-0.4, -0.2) is 11.1 Å². The van der Waals surface area contributed by atoms with Crippen LogP contribution in [0, 0.1) is 0 Å². The lowest BCUT2D eigenvalue weighted by Gasteiger charge is -2.35. The van der Waals surface area contributed by atoms with Crippen molar-refractivity contribution in [2.75, 3.05) is 0 Å². The Morgan fingerprint density at radius 3 is 2.23 bits per heavy atom. The lowest BCUT2D eigenvalue weighted by molar-refractivity contribution is 0.0697. The Hall–Kier alpha value is -2.61. The molecule has 26 heavy (non-hydrogen) atoms. The molecule has 0 amide bonds. The molecule has 1 aliphatic carbocycles. The number of carboxylic acids is 1. The minimum Gasteiger partial charge on any atom is -0.478 e. The van der Waals surface area contributed by atoms with Crippen molar-refractivity contribution in [1.82, 2.24) is 0 Å². The van der Waals surface area contributed by atoms with E-state index in [1.165, 1.54) is 34.3 Å². The van der Waals surface area contributed by atoms with Crippen LogP contribution in [0.2, 0.25) is 0 Å². The summed E-state index contributed by atoms with van der Waals surface area (Å²) < 4.78 is 0. The van der Waals surface area contributed by atoms with Crippen molar-refractivity contribution in [1.29, 1.82) is 0 Å². The van der Waals surface area contributed by atoms with E-state index in [1.807, 2.05) is 18.2 Å². The number of aromatic carboxylic acids is 1. The Kier molecular flexibility index (Phi) is 4.86. The third kappa shape index (κ3) is 3.65. The smallest absolute Gasteiger partial charge is 0.335 e. The molecule has 0 radical (unpaired) electrons. The molecule has 0 saturated heterocycles. The highest BCUT2D eigenvalue weighted by molar-refractivity contribution is 5.88. The number of benzene rings is 2. The lowest BCUT2D eigenvalue weighted by atomic mass is 9.70. The molecule has 2 nitrogen and oxygen atoms in total. The van der Waals surface area contributed by atoms with Crippen molar-refractivity contribution >= 4 is 23.7 Å². The molecule has 0 aromatic heterocycles. The molecule has 1 aliphatic rings. The van der Waals surface area contributed by atoms with Crippen molar-refractivity contribution in [2.24, 2.45) is 0 Å². The second-order valence-electron chi connectivity index (χ2n) is 7.93. The molecule has 0 bridgehead atoms. The van der Waals surface area contributed by atoms with Crippen LogP contribution in [0.15, 0.2) is 48.0 Å². The van der Waals surface area contributed by atoms with Gasteiger partial charge in [-0.1, -0.05) is 55.8 Å². The predicted octanol–water partition coefficient (Wildman–Crippen LogP) is 6.42. The van der Waals surface area contributed by atoms with Crippen molar-refractivity contribution in [3.8, 4) is 0 Å². The fraction of sp³-hybridized carbons (Fsp3) is 0.292. The Balaban J connectivity index is 1.94. The van der Waals surface area contributed by atoms with Gasteiger partial charge in [-0.05, 0) is 78.1 Å². The summed E-state index contributed by atoms with van der Waals surface area (Å²) in [6, 6.07) is 13.7. The van der Waals surface area contributed by atoms with E-state index in [-0.39, 0.29) is 5.41 Å². The van der Waals surface area contributed by atoms with Crippen LogP contribution in [0.3, 0.4) is 0 Å². The molecule has 0 fully saturated rings. The maximum absolute atomic E-state index is 10.9. The highest BCUT2D eigenvalue weighted by Crippen LogP contribution is 2.43. The molecule has 0 spiro atoms. The third-order valence-corrected chi connectivity index (χ3v) is 5.33. The van der Waals surface area contributed by atoms with Gasteiger partial charge in [0.05, 0.1) is 5.56 Å². The largest absolute Gasteiger partial charge is 0.478 e. The molecule has 0 aliphatic heterocycles. The Labute approximate surface area is 155 Å². The highest BCUT2D eigenvalue weighted by atomic mass is 16.4. The number of hydrogen-bond donors (Lipinski definition) is 1. The first-order valence-corrected chi connectivity index (χ1v) is 9.10. The van der Waals surface area contributed by atoms with Gasteiger partial charge in [0, 0.05) is 0 Å². The van der Waals surface area contributed by atoms with E-state index in [0.717, 1.165) is 12.0 Å². The van der Waals surface area contributed by atoms with E-state index in [0.29, 0.717) is 5.56 Å². The quantitative estimate of drug-likeness (QED) is 0.651. The van der Waals surface area contributed by atoms with Crippen molar-refractivity contribution < 1.29 is 9.90 Å². The van der Waals surface area contributed by atoms with Crippen LogP contribution < -0.4 is 0 Å². The van der Waals surface area contributed by atoms with Crippen LogP contribution in [0.1, 0.15) is 73.1 Å². The maximum Gasteiger partial charge on any atom is 0.335 e. The number of fused-ring (bicyclic) bond motifs is 1. The zero-order chi connectivity index (χ0) is 18.9. The monoisotopic (exact) mass is 346 g/mol. The lowest BCUT2D eigenvalue weighted by Crippen LogP contribution is -2.23. The number of hydrogen-bond acceptors (Lipinski definition) is 1. The highest BCUT2D eigenvalue weighted by Gasteiger charge is 2.29. The first kappa shape index (κ1) is 18.2. The van der Waals surface area contributed by atoms with Gasteiger partial charge in [-0.15, -0.1) is 0 Å². The summed E-state index contributed by atoms with van der Waals surface area (Å²) in [7, 11) is 0. The average Bonchev–Trinajstić information content (AvgIpc) is 2.59. The van der Waals surface area contributed by atoms with Gasteiger partial charge in [0.1, 0.15) is 0 Å². The van der Waals surface area contributed by atoms with Gasteiger partial charge >= 0.3 is 5.97 Å². The predicted molar refractivity (Wildman–Crippen MR) is 109 cm³/mol. The van der Waals surface area contributed by atoms with E-state index < -0.39 is 5.97 Å². The average molecular weight is 346 g/mol. The van der Waals surface area contributed by atoms with Crippen molar-refractivity contribution in [3.63, 3.8) is 0 Å². The summed E-state index contributed by atoms with van der Waals surface area (Å²) in [5, 5.41) is 8.99. The van der Waals surface area contributed by atoms with Crippen LogP contribution in [-0.2, 0) is 5.41 Å². The molecule has 3 rings (SSSR count). The molecule has 0 saturated carbocycles. The van der Waals surface area contributed by atoms with Gasteiger partial charge in [-0.25, -0.2) is 4.79 Å². The van der Waals surface area contributed by atoms with Crippen LogP contribution in [0.4, 0.5) is 0 Å². The Morgan fingerprint density at radius 1 is 1.00 bits per heavy atom. The van der Waals surface area contributed by atoms with Gasteiger partial charge in [0.25, 0.3) is 0 Å². The number of carboxylic acid groups (broad SMARTS) is 1. The van der Waals surface area contributed by atoms with E-state index in [1.54, 1.807) is 12.1 Å². The molecular weight excluding hydrogens is 320 g/mol. The summed E-state index contributed by atoms with van der Waals surface area (Å²) in [4.78, 5) is 10.9. The van der Waals surface area contributed by atoms with Crippen LogP contribution in [0.5, 0.6) is 0 Å². The number of carbonyl (C=O) groups is 1. The first-order valence-electron chi connectivity index (χ1n) is 9.10. The summed E-state index contributed by atoms with van der Waals surface area (Å²) >= 11 is 0. The molecule has 134 valence electrons. The zero-order valence-electron chi connectivity index (χ0n) is 16.0. The van der Waals surface area contributed by atoms with Crippen molar-refractivity contribution in [3.05, 3.63) is 75.9 Å². The van der Waals surface area contributed by atoms with Crippen molar-refractivity contribution in [2.45, 2.75) is 46.0 Å². The van der Waals surface area contributed by atoms with Gasteiger partial charge in [-0.2, -0.15) is 0 Å². The number of allylic oxidation sites excluding steroid dienone is 2. The first-order chi connectivity index (χ1) is 12.3. The van der Waals surface area contributed by atoms with Crippen LogP contribution >= 0.6 is 0 Å². The van der Waals surface area contributed by atoms with E-state index in [9.17, 15) is 4.79 Å². The van der Waals surface area contributed by atoms with Crippen LogP contribution in [0.25, 0.3) is 17.7 Å². The fourth-order valence-electron chi connectivity index (χ4n) is 3.66. The molecule has 2 aromatic carbocycles. The Morgan fingerprint density at radius 2 is 1.62 bits per heavy atom. The second-order valence-corrected chi connectivity index (χ2v) is 7.93. The molecule has 0 heterocycles. The number of rotatable bonds is 3. The van der Waals surface area contributed by atoms with Gasteiger partial charge < -0.3 is 5.11 Å². The standard InChI is InChI=1S/C24H26O2/c1-16(2)20-13-14-24(3,4)22-12-9-18(15-21(20)22)6-5-17-7-10-19(11-8-17)23(25)26/h5-12,15H,13-14H2,1-4H3,(H,25,26). The molecular formula is C24H26O2. The normalized spacial score (nSPS) is 15.8. The third-order valence-electron chi connectivity index (χ3n) is 5.33. The summed E-state index contributed by atoms with van der Waals surface area (Å²) in [6.45, 7) is 9.05. The topological polar surface area (TPSA) is 37.3 Å². The summed E-state index contributed by atoms with van der Waals surface area (Å²) in [6.07, 6.45) is 6.45. The molecule has 1 N–H and O–H groups in total. The van der Waals surface area contributed by atoms with E-state index in [4.69, 9.17) is 5.11 Å². The summed E-state index contributed by atoms with van der Waals surface area (Å²) in [5.74, 6) is -0.896. The van der Waals surface area contributed by atoms with Gasteiger partial charge in [0.2, 0.25) is 0 Å². The zero-order valence-corrected chi connectivity index (χ0v) is 16.0. The van der Waals surface area contributed by atoms with E-state index >= 15 is 0 Å². The fourth-order valence-corrected chi connectivity index (χ4v) is 3.66. The summed E-state index contributed by atoms with van der Waals surface area (Å²) in [5.41, 5.74) is 8.37. The SMILES string of the molecule is CC(C)=C1CCC(C)(C)c2ccc(C=Cc3ccc(C(=O)O)cc3)cc21. The minimum atomic E-state index is -0.896. The molecule has 2 aromatic rings. The Bertz CT molecular complexity index is 892.